The first-order valence-electron chi connectivity index (χ1n) is 8.16. The number of alkyl halides is 1. The van der Waals surface area contributed by atoms with Gasteiger partial charge < -0.3 is 4.74 Å². The van der Waals surface area contributed by atoms with E-state index in [1.165, 1.54) is 28.4 Å². The van der Waals surface area contributed by atoms with Gasteiger partial charge in [-0.2, -0.15) is 5.26 Å². The van der Waals surface area contributed by atoms with Crippen LogP contribution in [0.5, 0.6) is 0 Å². The molecule has 1 saturated heterocycles. The lowest BCUT2D eigenvalue weighted by Crippen LogP contribution is -1.83. The highest BCUT2D eigenvalue weighted by Crippen LogP contribution is 2.18. The van der Waals surface area contributed by atoms with E-state index in [2.05, 4.69) is 59.9 Å². The summed E-state index contributed by atoms with van der Waals surface area (Å²) in [5.74, 6) is 0. The molecule has 1 heterocycles. The highest BCUT2D eigenvalue weighted by molar-refractivity contribution is 9.11. The minimum absolute atomic E-state index is 0.586. The molecule has 5 heteroatoms. The molecule has 2 aromatic carbocycles. The van der Waals surface area contributed by atoms with Crippen LogP contribution >= 0.6 is 47.8 Å². The van der Waals surface area contributed by atoms with E-state index in [0.29, 0.717) is 6.42 Å². The standard InChI is InChI=1S/C9H8BrN.C7H6Br2.C4H8O/c10-9-6-2-1-4-8(9)5-3-7-11;8-5-6-3-1-2-4-7(6)9;1-2-4-5-3-1/h1-2,4,6H,3,5H2;1-4H,5H2;1-4H2. The Bertz CT molecular complexity index is 644. The summed E-state index contributed by atoms with van der Waals surface area (Å²) in [5.41, 5.74) is 2.49. The third kappa shape index (κ3) is 10.2. The first-order valence-corrected chi connectivity index (χ1v) is 10.9. The molecule has 1 aliphatic rings. The number of nitrogens with zero attached hydrogens (tertiary/aromatic N) is 1. The van der Waals surface area contributed by atoms with Crippen molar-refractivity contribution in [3.05, 3.63) is 68.6 Å². The molecule has 0 saturated carbocycles. The molecule has 0 amide bonds. The maximum absolute atomic E-state index is 8.35. The van der Waals surface area contributed by atoms with E-state index >= 15 is 0 Å². The fraction of sp³-hybridized carbons (Fsp3) is 0.350. The summed E-state index contributed by atoms with van der Waals surface area (Å²) in [4.78, 5) is 0. The topological polar surface area (TPSA) is 33.0 Å². The lowest BCUT2D eigenvalue weighted by Gasteiger charge is -1.98. The van der Waals surface area contributed by atoms with Crippen molar-refractivity contribution >= 4 is 47.8 Å². The highest BCUT2D eigenvalue weighted by Gasteiger charge is 1.96. The van der Waals surface area contributed by atoms with Crippen LogP contribution in [0.25, 0.3) is 0 Å². The summed E-state index contributed by atoms with van der Waals surface area (Å²) < 4.78 is 7.21. The smallest absolute Gasteiger partial charge is 0.0625 e. The second kappa shape index (κ2) is 14.5. The molecular weight excluding hydrogens is 510 g/mol. The molecule has 0 N–H and O–H groups in total. The third-order valence-electron chi connectivity index (χ3n) is 3.39. The van der Waals surface area contributed by atoms with Gasteiger partial charge in [0.25, 0.3) is 0 Å². The van der Waals surface area contributed by atoms with Crippen LogP contribution in [0.3, 0.4) is 0 Å². The molecule has 134 valence electrons. The van der Waals surface area contributed by atoms with Gasteiger partial charge in [-0.1, -0.05) is 84.2 Å². The van der Waals surface area contributed by atoms with Gasteiger partial charge in [-0.3, -0.25) is 0 Å². The Morgan fingerprint density at radius 3 is 1.76 bits per heavy atom. The molecule has 0 bridgehead atoms. The van der Waals surface area contributed by atoms with Crippen LogP contribution in [0.2, 0.25) is 0 Å². The van der Waals surface area contributed by atoms with Crippen molar-refractivity contribution in [2.24, 2.45) is 0 Å². The number of hydrogen-bond donors (Lipinski definition) is 0. The van der Waals surface area contributed by atoms with Crippen molar-refractivity contribution in [2.75, 3.05) is 13.2 Å². The summed E-state index contributed by atoms with van der Waals surface area (Å²) in [5, 5.41) is 9.26. The molecule has 25 heavy (non-hydrogen) atoms. The van der Waals surface area contributed by atoms with Gasteiger partial charge in [0.15, 0.2) is 0 Å². The number of aryl methyl sites for hydroxylation is 1. The van der Waals surface area contributed by atoms with Crippen LogP contribution < -0.4 is 0 Å². The quantitative estimate of drug-likeness (QED) is 0.398. The Morgan fingerprint density at radius 1 is 0.880 bits per heavy atom. The molecule has 0 unspecified atom stereocenters. The molecule has 2 nitrogen and oxygen atoms in total. The molecule has 0 aromatic heterocycles. The van der Waals surface area contributed by atoms with E-state index in [1.807, 2.05) is 42.5 Å². The van der Waals surface area contributed by atoms with Crippen molar-refractivity contribution in [3.63, 3.8) is 0 Å². The normalized spacial score (nSPS) is 12.2. The van der Waals surface area contributed by atoms with Crippen molar-refractivity contribution in [2.45, 2.75) is 31.0 Å². The van der Waals surface area contributed by atoms with E-state index in [-0.39, 0.29) is 0 Å². The minimum Gasteiger partial charge on any atom is -0.381 e. The largest absolute Gasteiger partial charge is 0.381 e. The van der Waals surface area contributed by atoms with Gasteiger partial charge in [0.2, 0.25) is 0 Å². The van der Waals surface area contributed by atoms with Crippen LogP contribution in [-0.4, -0.2) is 13.2 Å². The van der Waals surface area contributed by atoms with Gasteiger partial charge in [-0.15, -0.1) is 0 Å². The Kier molecular flexibility index (Phi) is 13.0. The van der Waals surface area contributed by atoms with E-state index in [0.717, 1.165) is 29.4 Å². The van der Waals surface area contributed by atoms with Crippen LogP contribution in [0, 0.1) is 11.3 Å². The zero-order chi connectivity index (χ0) is 18.3. The predicted octanol–water partition coefficient (Wildman–Crippen LogP) is 7.05. The first kappa shape index (κ1) is 22.4. The summed E-state index contributed by atoms with van der Waals surface area (Å²) >= 11 is 10.2. The van der Waals surface area contributed by atoms with E-state index in [1.54, 1.807) is 0 Å². The summed E-state index contributed by atoms with van der Waals surface area (Å²) in [7, 11) is 0. The van der Waals surface area contributed by atoms with Crippen LogP contribution in [0.4, 0.5) is 0 Å². The average Bonchev–Trinajstić information content (AvgIpc) is 3.22. The zero-order valence-corrected chi connectivity index (χ0v) is 18.8. The molecular formula is C20H22Br3NO. The molecule has 3 rings (SSSR count). The van der Waals surface area contributed by atoms with Crippen molar-refractivity contribution in [1.82, 2.24) is 0 Å². The van der Waals surface area contributed by atoms with Crippen molar-refractivity contribution in [1.29, 1.82) is 5.26 Å². The summed E-state index contributed by atoms with van der Waals surface area (Å²) in [6.45, 7) is 2.00. The zero-order valence-electron chi connectivity index (χ0n) is 14.1. The van der Waals surface area contributed by atoms with Crippen LogP contribution in [-0.2, 0) is 16.5 Å². The number of ether oxygens (including phenoxy) is 1. The molecule has 0 radical (unpaired) electrons. The fourth-order valence-electron chi connectivity index (χ4n) is 2.01. The Balaban J connectivity index is 0.000000200. The summed E-state index contributed by atoms with van der Waals surface area (Å²) in [6, 6.07) is 18.3. The first-order chi connectivity index (χ1) is 12.2. The highest BCUT2D eigenvalue weighted by atomic mass is 79.9. The molecule has 1 fully saturated rings. The van der Waals surface area contributed by atoms with E-state index in [4.69, 9.17) is 10.00 Å². The van der Waals surface area contributed by atoms with Crippen LogP contribution in [0.1, 0.15) is 30.4 Å². The Hall–Kier alpha value is -0.670. The molecule has 0 atom stereocenters. The summed E-state index contributed by atoms with van der Waals surface area (Å²) in [6.07, 6.45) is 3.97. The number of benzene rings is 2. The molecule has 0 aliphatic carbocycles. The fourth-order valence-corrected chi connectivity index (χ4v) is 3.78. The van der Waals surface area contributed by atoms with E-state index < -0.39 is 0 Å². The Labute approximate surface area is 176 Å². The maximum Gasteiger partial charge on any atom is 0.0625 e. The van der Waals surface area contributed by atoms with Gasteiger partial charge in [-0.25, -0.2) is 0 Å². The van der Waals surface area contributed by atoms with Gasteiger partial charge in [-0.05, 0) is 42.5 Å². The van der Waals surface area contributed by atoms with Crippen LogP contribution in [0.15, 0.2) is 57.5 Å². The van der Waals surface area contributed by atoms with E-state index in [9.17, 15) is 0 Å². The number of hydrogen-bond acceptors (Lipinski definition) is 2. The second-order valence-electron chi connectivity index (χ2n) is 5.29. The third-order valence-corrected chi connectivity index (χ3v) is 5.54. The maximum atomic E-state index is 8.35. The molecule has 2 aromatic rings. The number of nitriles is 1. The minimum atomic E-state index is 0.586. The van der Waals surface area contributed by atoms with Gasteiger partial charge >= 0.3 is 0 Å². The Morgan fingerprint density at radius 2 is 1.40 bits per heavy atom. The second-order valence-corrected chi connectivity index (χ2v) is 7.56. The number of rotatable bonds is 3. The molecule has 1 aliphatic heterocycles. The number of halogens is 3. The average molecular weight is 532 g/mol. The van der Waals surface area contributed by atoms with Gasteiger partial charge in [0.1, 0.15) is 0 Å². The predicted molar refractivity (Wildman–Crippen MR) is 115 cm³/mol. The lowest BCUT2D eigenvalue weighted by molar-refractivity contribution is 0.198. The lowest BCUT2D eigenvalue weighted by atomic mass is 10.1. The van der Waals surface area contributed by atoms with Gasteiger partial charge in [0, 0.05) is 33.9 Å². The monoisotopic (exact) mass is 529 g/mol. The van der Waals surface area contributed by atoms with Gasteiger partial charge in [0.05, 0.1) is 6.07 Å². The van der Waals surface area contributed by atoms with Crippen molar-refractivity contribution in [3.8, 4) is 6.07 Å². The SMILES string of the molecule is BrCc1ccccc1Br.C1CCOC1.N#CCCc1ccccc1Br. The molecule has 0 spiro atoms. The van der Waals surface area contributed by atoms with Crippen molar-refractivity contribution < 1.29 is 4.74 Å².